The van der Waals surface area contributed by atoms with Crippen molar-refractivity contribution in [3.05, 3.63) is 45.8 Å². The third-order valence-electron chi connectivity index (χ3n) is 6.29. The van der Waals surface area contributed by atoms with E-state index in [-0.39, 0.29) is 11.9 Å². The molecule has 0 spiro atoms. The fourth-order valence-electron chi connectivity index (χ4n) is 4.27. The van der Waals surface area contributed by atoms with E-state index in [2.05, 4.69) is 29.4 Å². The van der Waals surface area contributed by atoms with E-state index in [1.54, 1.807) is 35.6 Å². The van der Waals surface area contributed by atoms with Gasteiger partial charge in [0.05, 0.1) is 17.7 Å². The number of hydrogen-bond acceptors (Lipinski definition) is 7. The molecule has 1 aromatic heterocycles. The van der Waals surface area contributed by atoms with Gasteiger partial charge in [0.1, 0.15) is 11.6 Å². The van der Waals surface area contributed by atoms with Gasteiger partial charge in [-0.3, -0.25) is 0 Å². The van der Waals surface area contributed by atoms with Crippen LogP contribution in [0.25, 0.3) is 0 Å². The molecule has 0 amide bonds. The molecule has 2 aromatic rings. The lowest BCUT2D eigenvalue weighted by Gasteiger charge is -2.17. The van der Waals surface area contributed by atoms with Gasteiger partial charge in [-0.2, -0.15) is 0 Å². The number of thiocarbonyl (C=S) groups is 1. The second kappa shape index (κ2) is 14.3. The first-order chi connectivity index (χ1) is 17.5. The third-order valence-corrected chi connectivity index (χ3v) is 7.70. The van der Waals surface area contributed by atoms with Crippen LogP contribution in [0.1, 0.15) is 77.6 Å². The molecule has 3 rings (SSSR count). The van der Waals surface area contributed by atoms with E-state index >= 15 is 0 Å². The minimum Gasteiger partial charge on any atom is -0.462 e. The van der Waals surface area contributed by atoms with Crippen LogP contribution in [0.5, 0.6) is 0 Å². The monoisotopic (exact) mass is 531 g/mol. The summed E-state index contributed by atoms with van der Waals surface area (Å²) >= 11 is 7.14. The van der Waals surface area contributed by atoms with Crippen molar-refractivity contribution in [2.75, 3.05) is 43.5 Å². The third kappa shape index (κ3) is 7.75. The maximum absolute atomic E-state index is 12.8. The Bertz CT molecular complexity index is 1030. The number of anilines is 2. The molecule has 0 unspecified atom stereocenters. The highest BCUT2D eigenvalue weighted by molar-refractivity contribution is 7.80. The minimum absolute atomic E-state index is 0.301. The van der Waals surface area contributed by atoms with Gasteiger partial charge in [0, 0.05) is 17.1 Å². The van der Waals surface area contributed by atoms with Crippen LogP contribution < -0.4 is 10.6 Å². The summed E-state index contributed by atoms with van der Waals surface area (Å²) in [7, 11) is 0. The van der Waals surface area contributed by atoms with Gasteiger partial charge in [0.15, 0.2) is 5.11 Å². The number of rotatable bonds is 10. The van der Waals surface area contributed by atoms with E-state index in [1.807, 2.05) is 6.92 Å². The van der Waals surface area contributed by atoms with Crippen molar-refractivity contribution in [2.24, 2.45) is 0 Å². The van der Waals surface area contributed by atoms with Crippen molar-refractivity contribution in [3.63, 3.8) is 0 Å². The maximum atomic E-state index is 12.8. The number of carbonyl (C=O) groups excluding carboxylic acids is 2. The Kier molecular flexibility index (Phi) is 11.2. The number of nitrogens with one attached hydrogen (secondary N) is 2. The number of ether oxygens (including phenoxy) is 2. The zero-order valence-electron chi connectivity index (χ0n) is 21.5. The lowest BCUT2D eigenvalue weighted by molar-refractivity contribution is 0.0465. The second-order valence-electron chi connectivity index (χ2n) is 8.66. The van der Waals surface area contributed by atoms with Gasteiger partial charge in [0.2, 0.25) is 0 Å². The fraction of sp³-hybridized carbons (Fsp3) is 0.519. The minimum atomic E-state index is -0.343. The molecule has 9 heteroatoms. The van der Waals surface area contributed by atoms with Gasteiger partial charge >= 0.3 is 11.9 Å². The van der Waals surface area contributed by atoms with E-state index in [0.717, 1.165) is 61.6 Å². The number of benzene rings is 1. The van der Waals surface area contributed by atoms with Crippen molar-refractivity contribution in [1.82, 2.24) is 4.90 Å². The number of hydrogen-bond donors (Lipinski definition) is 2. The van der Waals surface area contributed by atoms with Crippen LogP contribution in [0.3, 0.4) is 0 Å². The van der Waals surface area contributed by atoms with Crippen molar-refractivity contribution in [3.8, 4) is 0 Å². The Balaban J connectivity index is 1.63. The van der Waals surface area contributed by atoms with E-state index in [9.17, 15) is 9.59 Å². The normalized spacial score (nSPS) is 13.3. The van der Waals surface area contributed by atoms with Crippen molar-refractivity contribution in [2.45, 2.75) is 59.3 Å². The molecule has 0 atom stereocenters. The Morgan fingerprint density at radius 2 is 1.64 bits per heavy atom. The van der Waals surface area contributed by atoms with Crippen LogP contribution in [0, 0.1) is 0 Å². The van der Waals surface area contributed by atoms with Crippen LogP contribution in [-0.4, -0.2) is 54.8 Å². The Morgan fingerprint density at radius 3 is 2.31 bits per heavy atom. The zero-order chi connectivity index (χ0) is 25.9. The average molecular weight is 532 g/mol. The highest BCUT2D eigenvalue weighted by Gasteiger charge is 2.25. The number of esters is 2. The average Bonchev–Trinajstić information content (AvgIpc) is 3.17. The topological polar surface area (TPSA) is 79.9 Å². The summed E-state index contributed by atoms with van der Waals surface area (Å²) in [4.78, 5) is 28.6. The van der Waals surface area contributed by atoms with Gasteiger partial charge in [-0.15, -0.1) is 11.3 Å². The first kappa shape index (κ1) is 28.1. The van der Waals surface area contributed by atoms with Crippen molar-refractivity contribution < 1.29 is 19.1 Å². The highest BCUT2D eigenvalue weighted by atomic mass is 32.1. The maximum Gasteiger partial charge on any atom is 0.341 e. The van der Waals surface area contributed by atoms with E-state index in [0.29, 0.717) is 29.5 Å². The van der Waals surface area contributed by atoms with Crippen LogP contribution in [-0.2, 0) is 22.3 Å². The molecule has 0 radical (unpaired) electrons. The molecule has 0 bridgehead atoms. The Morgan fingerprint density at radius 1 is 0.944 bits per heavy atom. The highest BCUT2D eigenvalue weighted by Crippen LogP contribution is 2.37. The van der Waals surface area contributed by atoms with E-state index < -0.39 is 0 Å². The standard InChI is InChI=1S/C27H37N3O4S2/c1-4-30(5-2)17-18-34-25(31)19-13-15-20(16-14-19)28-27(35)29-24-23(26(32)33-6-3)21-11-9-7-8-10-12-22(21)36-24/h13-16H,4-12,17-18H2,1-3H3,(H2,28,29,35). The molecular weight excluding hydrogens is 494 g/mol. The predicted molar refractivity (Wildman–Crippen MR) is 151 cm³/mol. The molecule has 7 nitrogen and oxygen atoms in total. The summed E-state index contributed by atoms with van der Waals surface area (Å²) in [6.45, 7) is 9.26. The Hall–Kier alpha value is -2.49. The molecular formula is C27H37N3O4S2. The molecule has 1 heterocycles. The summed E-state index contributed by atoms with van der Waals surface area (Å²) in [6.07, 6.45) is 6.45. The number of fused-ring (bicyclic) bond motifs is 1. The molecule has 2 N–H and O–H groups in total. The van der Waals surface area contributed by atoms with E-state index in [4.69, 9.17) is 21.7 Å². The first-order valence-corrected chi connectivity index (χ1v) is 14.1. The largest absolute Gasteiger partial charge is 0.462 e. The molecule has 1 aromatic carbocycles. The van der Waals surface area contributed by atoms with Crippen LogP contribution in [0.4, 0.5) is 10.7 Å². The summed E-state index contributed by atoms with van der Waals surface area (Å²) < 4.78 is 10.8. The lowest BCUT2D eigenvalue weighted by Crippen LogP contribution is -2.27. The molecule has 0 saturated heterocycles. The molecule has 0 aliphatic heterocycles. The van der Waals surface area contributed by atoms with Gasteiger partial charge in [0.25, 0.3) is 0 Å². The quantitative estimate of drug-likeness (QED) is 0.290. The van der Waals surface area contributed by atoms with Crippen molar-refractivity contribution >= 4 is 51.3 Å². The summed E-state index contributed by atoms with van der Waals surface area (Å²) in [5.74, 6) is -0.644. The number of likely N-dealkylation sites (N-methyl/N-ethyl adjacent to an activating group) is 1. The number of carbonyl (C=O) groups is 2. The molecule has 1 aliphatic rings. The predicted octanol–water partition coefficient (Wildman–Crippen LogP) is 5.89. The number of nitrogens with zero attached hydrogens (tertiary/aromatic N) is 1. The van der Waals surface area contributed by atoms with Gasteiger partial charge < -0.3 is 25.0 Å². The molecule has 36 heavy (non-hydrogen) atoms. The van der Waals surface area contributed by atoms with Crippen LogP contribution in [0.15, 0.2) is 24.3 Å². The van der Waals surface area contributed by atoms with Gasteiger partial charge in [-0.05, 0) is 87.7 Å². The summed E-state index contributed by atoms with van der Waals surface area (Å²) in [5, 5.41) is 7.48. The Labute approximate surface area is 223 Å². The first-order valence-electron chi connectivity index (χ1n) is 12.9. The SMILES string of the molecule is CCOC(=O)c1c(NC(=S)Nc2ccc(C(=O)OCCN(CC)CC)cc2)sc2c1CCCCCC2. The summed E-state index contributed by atoms with van der Waals surface area (Å²) in [6, 6.07) is 7.00. The number of aryl methyl sites for hydroxylation is 1. The van der Waals surface area contributed by atoms with Crippen LogP contribution >= 0.6 is 23.6 Å². The molecule has 196 valence electrons. The second-order valence-corrected chi connectivity index (χ2v) is 10.2. The summed E-state index contributed by atoms with van der Waals surface area (Å²) in [5.41, 5.74) is 2.94. The molecule has 0 fully saturated rings. The lowest BCUT2D eigenvalue weighted by atomic mass is 9.96. The fourth-order valence-corrected chi connectivity index (χ4v) is 5.84. The van der Waals surface area contributed by atoms with Crippen molar-refractivity contribution in [1.29, 1.82) is 0 Å². The number of thiophene rings is 1. The molecule has 0 saturated carbocycles. The van der Waals surface area contributed by atoms with Gasteiger partial charge in [-0.25, -0.2) is 9.59 Å². The van der Waals surface area contributed by atoms with Crippen LogP contribution in [0.2, 0.25) is 0 Å². The van der Waals surface area contributed by atoms with E-state index in [1.165, 1.54) is 17.7 Å². The smallest absolute Gasteiger partial charge is 0.341 e. The van der Waals surface area contributed by atoms with Gasteiger partial charge in [-0.1, -0.05) is 26.7 Å². The zero-order valence-corrected chi connectivity index (χ0v) is 23.1. The molecule has 1 aliphatic carbocycles.